The number of aromatic nitrogens is 2. The van der Waals surface area contributed by atoms with E-state index in [2.05, 4.69) is 41.5 Å². The molecule has 1 aromatic heterocycles. The third kappa shape index (κ3) is 3.47. The molecule has 1 unspecified atom stereocenters. The molecule has 0 bridgehead atoms. The topological polar surface area (TPSA) is 57.8 Å². The molecule has 4 heteroatoms. The third-order valence-corrected chi connectivity index (χ3v) is 3.29. The normalized spacial score (nSPS) is 12.4. The fraction of sp³-hybridized carbons (Fsp3) is 0.375. The van der Waals surface area contributed by atoms with Crippen molar-refractivity contribution in [2.45, 2.75) is 33.2 Å². The van der Waals surface area contributed by atoms with Crippen LogP contribution in [0.3, 0.4) is 0 Å². The van der Waals surface area contributed by atoms with Crippen LogP contribution in [0, 0.1) is 12.8 Å². The molecule has 2 aromatic rings. The molecule has 0 saturated carbocycles. The van der Waals surface area contributed by atoms with E-state index >= 15 is 0 Å². The van der Waals surface area contributed by atoms with Crippen LogP contribution in [0.5, 0.6) is 0 Å². The van der Waals surface area contributed by atoms with Gasteiger partial charge in [0.05, 0.1) is 17.8 Å². The molecule has 0 spiro atoms. The van der Waals surface area contributed by atoms with Gasteiger partial charge in [0.15, 0.2) is 0 Å². The Morgan fingerprint density at radius 1 is 1.30 bits per heavy atom. The first-order chi connectivity index (χ1) is 9.58. The minimum absolute atomic E-state index is 0.0259. The van der Waals surface area contributed by atoms with Gasteiger partial charge in [-0.3, -0.25) is 9.89 Å². The number of H-pyrrole nitrogens is 1. The number of benzene rings is 1. The van der Waals surface area contributed by atoms with E-state index in [1.807, 2.05) is 25.1 Å². The van der Waals surface area contributed by atoms with Gasteiger partial charge in [-0.1, -0.05) is 44.2 Å². The Morgan fingerprint density at radius 3 is 2.55 bits per heavy atom. The van der Waals surface area contributed by atoms with E-state index in [0.717, 1.165) is 17.7 Å². The number of nitrogens with one attached hydrogen (secondary N) is 2. The molecule has 1 aromatic carbocycles. The van der Waals surface area contributed by atoms with Crippen LogP contribution in [-0.4, -0.2) is 16.1 Å². The summed E-state index contributed by atoms with van der Waals surface area (Å²) in [7, 11) is 0. The molecule has 0 aliphatic heterocycles. The lowest BCUT2D eigenvalue weighted by Crippen LogP contribution is -2.29. The van der Waals surface area contributed by atoms with Crippen molar-refractivity contribution in [1.82, 2.24) is 15.5 Å². The predicted octanol–water partition coefficient (Wildman–Crippen LogP) is 3.24. The number of amides is 1. The van der Waals surface area contributed by atoms with E-state index in [1.54, 1.807) is 6.20 Å². The summed E-state index contributed by atoms with van der Waals surface area (Å²) in [6.45, 7) is 6.16. The number of carbonyl (C=O) groups is 1. The number of rotatable bonds is 5. The van der Waals surface area contributed by atoms with Crippen LogP contribution in [0.25, 0.3) is 0 Å². The number of hydrogen-bond acceptors (Lipinski definition) is 2. The number of aromatic amines is 1. The summed E-state index contributed by atoms with van der Waals surface area (Å²) in [6.07, 6.45) is 2.48. The van der Waals surface area contributed by atoms with Gasteiger partial charge in [0, 0.05) is 5.69 Å². The zero-order valence-electron chi connectivity index (χ0n) is 12.2. The highest BCUT2D eigenvalue weighted by atomic mass is 16.1. The maximum Gasteiger partial charge on any atom is 0.255 e. The van der Waals surface area contributed by atoms with Crippen molar-refractivity contribution in [2.24, 2.45) is 5.92 Å². The third-order valence-electron chi connectivity index (χ3n) is 3.29. The minimum Gasteiger partial charge on any atom is -0.345 e. The fourth-order valence-electron chi connectivity index (χ4n) is 2.25. The van der Waals surface area contributed by atoms with Crippen LogP contribution in [0.15, 0.2) is 36.5 Å². The Bertz CT molecular complexity index is 560. The average Bonchev–Trinajstić information content (AvgIpc) is 2.85. The van der Waals surface area contributed by atoms with E-state index in [4.69, 9.17) is 0 Å². The quantitative estimate of drug-likeness (QED) is 0.877. The summed E-state index contributed by atoms with van der Waals surface area (Å²) >= 11 is 0. The van der Waals surface area contributed by atoms with E-state index in [0.29, 0.717) is 11.5 Å². The standard InChI is InChI=1S/C16H21N3O/c1-11(2)9-15(13-7-5-4-6-8-13)18-16(20)14-10-17-19-12(14)3/h4-8,10-11,15H,9H2,1-3H3,(H,17,19)(H,18,20). The maximum atomic E-state index is 12.3. The highest BCUT2D eigenvalue weighted by molar-refractivity contribution is 5.95. The molecule has 2 rings (SSSR count). The summed E-state index contributed by atoms with van der Waals surface area (Å²) < 4.78 is 0. The highest BCUT2D eigenvalue weighted by Crippen LogP contribution is 2.21. The van der Waals surface area contributed by atoms with Crippen LogP contribution in [0.1, 0.15) is 47.9 Å². The van der Waals surface area contributed by atoms with Gasteiger partial charge >= 0.3 is 0 Å². The highest BCUT2D eigenvalue weighted by Gasteiger charge is 2.18. The Hall–Kier alpha value is -2.10. The number of carbonyl (C=O) groups excluding carboxylic acids is 1. The van der Waals surface area contributed by atoms with Gasteiger partial charge in [0.1, 0.15) is 0 Å². The second kappa shape index (κ2) is 6.37. The van der Waals surface area contributed by atoms with Crippen LogP contribution in [0.4, 0.5) is 0 Å². The number of aryl methyl sites for hydroxylation is 1. The monoisotopic (exact) mass is 271 g/mol. The van der Waals surface area contributed by atoms with E-state index in [1.165, 1.54) is 0 Å². The smallest absolute Gasteiger partial charge is 0.255 e. The summed E-state index contributed by atoms with van der Waals surface area (Å²) in [5.41, 5.74) is 2.53. The van der Waals surface area contributed by atoms with Crippen LogP contribution in [0.2, 0.25) is 0 Å². The zero-order valence-corrected chi connectivity index (χ0v) is 12.2. The molecule has 2 N–H and O–H groups in total. The fourth-order valence-corrected chi connectivity index (χ4v) is 2.25. The molecule has 0 aliphatic carbocycles. The van der Waals surface area contributed by atoms with Crippen molar-refractivity contribution in [3.05, 3.63) is 53.3 Å². The average molecular weight is 271 g/mol. The molecular formula is C16H21N3O. The molecular weight excluding hydrogens is 250 g/mol. The van der Waals surface area contributed by atoms with Crippen LogP contribution < -0.4 is 5.32 Å². The molecule has 4 nitrogen and oxygen atoms in total. The van der Waals surface area contributed by atoms with E-state index in [9.17, 15) is 4.79 Å². The zero-order chi connectivity index (χ0) is 14.5. The van der Waals surface area contributed by atoms with Crippen molar-refractivity contribution in [3.63, 3.8) is 0 Å². The predicted molar refractivity (Wildman–Crippen MR) is 79.4 cm³/mol. The first-order valence-electron chi connectivity index (χ1n) is 6.93. The first kappa shape index (κ1) is 14.3. The lowest BCUT2D eigenvalue weighted by atomic mass is 9.96. The minimum atomic E-state index is -0.0780. The van der Waals surface area contributed by atoms with Crippen molar-refractivity contribution < 1.29 is 4.79 Å². The second-order valence-corrected chi connectivity index (χ2v) is 5.47. The Balaban J connectivity index is 2.16. The van der Waals surface area contributed by atoms with E-state index < -0.39 is 0 Å². The maximum absolute atomic E-state index is 12.3. The number of hydrogen-bond donors (Lipinski definition) is 2. The van der Waals surface area contributed by atoms with Crippen molar-refractivity contribution >= 4 is 5.91 Å². The Morgan fingerprint density at radius 2 is 2.00 bits per heavy atom. The molecule has 106 valence electrons. The van der Waals surface area contributed by atoms with E-state index in [-0.39, 0.29) is 11.9 Å². The van der Waals surface area contributed by atoms with Gasteiger partial charge in [0.2, 0.25) is 0 Å². The van der Waals surface area contributed by atoms with Crippen LogP contribution in [-0.2, 0) is 0 Å². The lowest BCUT2D eigenvalue weighted by molar-refractivity contribution is 0.0931. The van der Waals surface area contributed by atoms with Crippen molar-refractivity contribution in [2.75, 3.05) is 0 Å². The first-order valence-corrected chi connectivity index (χ1v) is 6.93. The summed E-state index contributed by atoms with van der Waals surface area (Å²) in [4.78, 5) is 12.3. The van der Waals surface area contributed by atoms with Gasteiger partial charge < -0.3 is 5.32 Å². The largest absolute Gasteiger partial charge is 0.345 e. The summed E-state index contributed by atoms with van der Waals surface area (Å²) in [5.74, 6) is 0.428. The second-order valence-electron chi connectivity index (χ2n) is 5.47. The molecule has 0 radical (unpaired) electrons. The van der Waals surface area contributed by atoms with Gasteiger partial charge in [-0.05, 0) is 24.8 Å². The molecule has 1 heterocycles. The number of nitrogens with zero attached hydrogens (tertiary/aromatic N) is 1. The SMILES string of the molecule is Cc1[nH]ncc1C(=O)NC(CC(C)C)c1ccccc1. The van der Waals surface area contributed by atoms with Crippen molar-refractivity contribution in [3.8, 4) is 0 Å². The van der Waals surface area contributed by atoms with Crippen LogP contribution >= 0.6 is 0 Å². The molecule has 20 heavy (non-hydrogen) atoms. The van der Waals surface area contributed by atoms with Gasteiger partial charge in [-0.25, -0.2) is 0 Å². The van der Waals surface area contributed by atoms with Gasteiger partial charge in [0.25, 0.3) is 5.91 Å². The Kier molecular flexibility index (Phi) is 4.56. The van der Waals surface area contributed by atoms with Crippen molar-refractivity contribution in [1.29, 1.82) is 0 Å². The lowest BCUT2D eigenvalue weighted by Gasteiger charge is -2.21. The molecule has 1 atom stereocenters. The van der Waals surface area contributed by atoms with Gasteiger partial charge in [-0.15, -0.1) is 0 Å². The molecule has 0 fully saturated rings. The summed E-state index contributed by atoms with van der Waals surface area (Å²) in [6, 6.07) is 10.1. The molecule has 0 saturated heterocycles. The van der Waals surface area contributed by atoms with Gasteiger partial charge in [-0.2, -0.15) is 5.10 Å². The molecule has 0 aliphatic rings. The molecule has 1 amide bonds. The summed E-state index contributed by atoms with van der Waals surface area (Å²) in [5, 5.41) is 9.80. The Labute approximate surface area is 119 Å².